The predicted molar refractivity (Wildman–Crippen MR) is 61.7 cm³/mol. The fourth-order valence-electron chi connectivity index (χ4n) is 1.50. The molecule has 84 valence electrons. The van der Waals surface area contributed by atoms with E-state index in [9.17, 15) is 5.11 Å². The first-order chi connectivity index (χ1) is 7.38. The zero-order chi connectivity index (χ0) is 10.9. The Balaban J connectivity index is 2.36. The molecule has 0 bridgehead atoms. The molecule has 0 aliphatic rings. The number of ether oxygens (including phenoxy) is 1. The average Bonchev–Trinajstić information content (AvgIpc) is 2.30. The lowest BCUT2D eigenvalue weighted by Crippen LogP contribution is -2.09. The van der Waals surface area contributed by atoms with Crippen molar-refractivity contribution in [3.63, 3.8) is 0 Å². The van der Waals surface area contributed by atoms with Gasteiger partial charge in [-0.2, -0.15) is 0 Å². The molecule has 1 unspecified atom stereocenters. The van der Waals surface area contributed by atoms with Crippen molar-refractivity contribution < 1.29 is 9.84 Å². The van der Waals surface area contributed by atoms with Crippen LogP contribution in [-0.2, 0) is 4.74 Å². The van der Waals surface area contributed by atoms with Crippen LogP contribution in [0.3, 0.4) is 0 Å². The first-order valence-electron chi connectivity index (χ1n) is 5.66. The molecule has 15 heavy (non-hydrogen) atoms. The van der Waals surface area contributed by atoms with E-state index in [0.717, 1.165) is 18.6 Å². The number of benzene rings is 1. The maximum absolute atomic E-state index is 9.21. The van der Waals surface area contributed by atoms with Crippen LogP contribution in [0.4, 0.5) is 0 Å². The van der Waals surface area contributed by atoms with Crippen LogP contribution in [0.25, 0.3) is 0 Å². The van der Waals surface area contributed by atoms with E-state index in [-0.39, 0.29) is 12.7 Å². The summed E-state index contributed by atoms with van der Waals surface area (Å²) in [6.45, 7) is 2.95. The third kappa shape index (κ3) is 4.45. The second-order valence-corrected chi connectivity index (χ2v) is 3.66. The highest BCUT2D eigenvalue weighted by Crippen LogP contribution is 2.16. The van der Waals surface area contributed by atoms with Crippen molar-refractivity contribution in [1.29, 1.82) is 0 Å². The van der Waals surface area contributed by atoms with Crippen LogP contribution in [0, 0.1) is 0 Å². The van der Waals surface area contributed by atoms with Gasteiger partial charge < -0.3 is 9.84 Å². The lowest BCUT2D eigenvalue weighted by atomic mass is 10.1. The molecule has 2 nitrogen and oxygen atoms in total. The standard InChI is InChI=1S/C13H20O2/c1-2-3-7-10-15-13(11-14)12-8-5-4-6-9-12/h4-6,8-9,13-14H,2-3,7,10-11H2,1H3. The highest BCUT2D eigenvalue weighted by molar-refractivity contribution is 5.17. The Morgan fingerprint density at radius 2 is 1.93 bits per heavy atom. The number of aliphatic hydroxyl groups is 1. The van der Waals surface area contributed by atoms with Gasteiger partial charge in [0.1, 0.15) is 6.10 Å². The van der Waals surface area contributed by atoms with Crippen molar-refractivity contribution in [2.24, 2.45) is 0 Å². The van der Waals surface area contributed by atoms with E-state index in [4.69, 9.17) is 4.74 Å². The zero-order valence-corrected chi connectivity index (χ0v) is 9.36. The molecule has 0 heterocycles. The minimum Gasteiger partial charge on any atom is -0.393 e. The van der Waals surface area contributed by atoms with Crippen molar-refractivity contribution >= 4 is 0 Å². The van der Waals surface area contributed by atoms with Gasteiger partial charge in [-0.05, 0) is 12.0 Å². The molecule has 0 saturated heterocycles. The number of rotatable bonds is 7. The minimum absolute atomic E-state index is 0.0517. The summed E-state index contributed by atoms with van der Waals surface area (Å²) < 4.78 is 5.63. The largest absolute Gasteiger partial charge is 0.393 e. The molecule has 0 fully saturated rings. The molecule has 0 spiro atoms. The lowest BCUT2D eigenvalue weighted by molar-refractivity contribution is 0.01000. The van der Waals surface area contributed by atoms with E-state index in [1.807, 2.05) is 30.3 Å². The Hall–Kier alpha value is -0.860. The van der Waals surface area contributed by atoms with E-state index < -0.39 is 0 Å². The SMILES string of the molecule is CCCCCOC(CO)c1ccccc1. The monoisotopic (exact) mass is 208 g/mol. The van der Waals surface area contributed by atoms with Crippen LogP contribution >= 0.6 is 0 Å². The second-order valence-electron chi connectivity index (χ2n) is 3.66. The summed E-state index contributed by atoms with van der Waals surface area (Å²) in [4.78, 5) is 0. The summed E-state index contributed by atoms with van der Waals surface area (Å²) in [5.74, 6) is 0. The molecule has 0 aliphatic heterocycles. The van der Waals surface area contributed by atoms with Crippen molar-refractivity contribution in [1.82, 2.24) is 0 Å². The Morgan fingerprint density at radius 3 is 2.53 bits per heavy atom. The van der Waals surface area contributed by atoms with Gasteiger partial charge in [-0.3, -0.25) is 0 Å². The van der Waals surface area contributed by atoms with Crippen LogP contribution in [0.2, 0.25) is 0 Å². The minimum atomic E-state index is -0.164. The van der Waals surface area contributed by atoms with Gasteiger partial charge in [0, 0.05) is 6.61 Å². The second kappa shape index (κ2) is 7.43. The van der Waals surface area contributed by atoms with Gasteiger partial charge in [0.25, 0.3) is 0 Å². The van der Waals surface area contributed by atoms with Gasteiger partial charge in [-0.15, -0.1) is 0 Å². The van der Waals surface area contributed by atoms with Crippen LogP contribution in [0.1, 0.15) is 37.9 Å². The van der Waals surface area contributed by atoms with Crippen molar-refractivity contribution in [3.05, 3.63) is 35.9 Å². The number of unbranched alkanes of at least 4 members (excludes halogenated alkanes) is 2. The summed E-state index contributed by atoms with van der Waals surface area (Å²) in [7, 11) is 0. The fourth-order valence-corrected chi connectivity index (χ4v) is 1.50. The number of hydrogen-bond acceptors (Lipinski definition) is 2. The summed E-state index contributed by atoms with van der Waals surface area (Å²) in [6.07, 6.45) is 3.29. The summed E-state index contributed by atoms with van der Waals surface area (Å²) in [5, 5.41) is 9.21. The van der Waals surface area contributed by atoms with E-state index >= 15 is 0 Å². The smallest absolute Gasteiger partial charge is 0.105 e. The Labute approximate surface area is 91.9 Å². The maximum atomic E-state index is 9.21. The Kier molecular flexibility index (Phi) is 6.05. The summed E-state index contributed by atoms with van der Waals surface area (Å²) in [6, 6.07) is 9.87. The van der Waals surface area contributed by atoms with Crippen molar-refractivity contribution in [3.8, 4) is 0 Å². The molecular formula is C13H20O2. The third-order valence-electron chi connectivity index (χ3n) is 2.40. The molecule has 0 saturated carbocycles. The van der Waals surface area contributed by atoms with E-state index in [1.165, 1.54) is 12.8 Å². The Bertz CT molecular complexity index is 246. The molecule has 0 aromatic heterocycles. The van der Waals surface area contributed by atoms with Gasteiger partial charge in [-0.1, -0.05) is 50.1 Å². The topological polar surface area (TPSA) is 29.5 Å². The van der Waals surface area contributed by atoms with E-state index in [2.05, 4.69) is 6.92 Å². The molecule has 1 atom stereocenters. The van der Waals surface area contributed by atoms with Crippen LogP contribution in [0.5, 0.6) is 0 Å². The van der Waals surface area contributed by atoms with Gasteiger partial charge in [0.05, 0.1) is 6.61 Å². The van der Waals surface area contributed by atoms with Gasteiger partial charge >= 0.3 is 0 Å². The third-order valence-corrected chi connectivity index (χ3v) is 2.40. The number of hydrogen-bond donors (Lipinski definition) is 1. The average molecular weight is 208 g/mol. The molecule has 1 N–H and O–H groups in total. The normalized spacial score (nSPS) is 12.7. The van der Waals surface area contributed by atoms with Crippen molar-refractivity contribution in [2.45, 2.75) is 32.3 Å². The quantitative estimate of drug-likeness (QED) is 0.698. The maximum Gasteiger partial charge on any atom is 0.105 e. The molecular weight excluding hydrogens is 188 g/mol. The first kappa shape index (κ1) is 12.2. The number of aliphatic hydroxyl groups excluding tert-OH is 1. The van der Waals surface area contributed by atoms with Crippen molar-refractivity contribution in [2.75, 3.05) is 13.2 Å². The first-order valence-corrected chi connectivity index (χ1v) is 5.66. The van der Waals surface area contributed by atoms with Gasteiger partial charge in [0.2, 0.25) is 0 Å². The van der Waals surface area contributed by atoms with Crippen LogP contribution in [-0.4, -0.2) is 18.3 Å². The molecule has 1 rings (SSSR count). The van der Waals surface area contributed by atoms with Gasteiger partial charge in [-0.25, -0.2) is 0 Å². The molecule has 2 heteroatoms. The van der Waals surface area contributed by atoms with E-state index in [0.29, 0.717) is 0 Å². The fraction of sp³-hybridized carbons (Fsp3) is 0.538. The summed E-state index contributed by atoms with van der Waals surface area (Å²) >= 11 is 0. The Morgan fingerprint density at radius 1 is 1.20 bits per heavy atom. The predicted octanol–water partition coefficient (Wildman–Crippen LogP) is 2.93. The highest BCUT2D eigenvalue weighted by atomic mass is 16.5. The molecule has 1 aromatic rings. The van der Waals surface area contributed by atoms with Crippen LogP contribution in [0.15, 0.2) is 30.3 Å². The molecule has 0 aliphatic carbocycles. The molecule has 0 radical (unpaired) electrons. The van der Waals surface area contributed by atoms with E-state index in [1.54, 1.807) is 0 Å². The zero-order valence-electron chi connectivity index (χ0n) is 9.36. The van der Waals surface area contributed by atoms with Gasteiger partial charge in [0.15, 0.2) is 0 Å². The highest BCUT2D eigenvalue weighted by Gasteiger charge is 2.09. The molecule has 0 amide bonds. The lowest BCUT2D eigenvalue weighted by Gasteiger charge is -2.15. The van der Waals surface area contributed by atoms with Crippen LogP contribution < -0.4 is 0 Å². The summed E-state index contributed by atoms with van der Waals surface area (Å²) in [5.41, 5.74) is 1.05. The molecule has 1 aromatic carbocycles.